The maximum absolute atomic E-state index is 13.1. The lowest BCUT2D eigenvalue weighted by Gasteiger charge is -2.12. The Hall–Kier alpha value is -2.66. The molecule has 0 radical (unpaired) electrons. The van der Waals surface area contributed by atoms with E-state index in [-0.39, 0.29) is 11.4 Å². The summed E-state index contributed by atoms with van der Waals surface area (Å²) in [5.74, 6) is 1.73. The van der Waals surface area contributed by atoms with Gasteiger partial charge in [-0.2, -0.15) is 0 Å². The summed E-state index contributed by atoms with van der Waals surface area (Å²) in [6.45, 7) is 4.28. The highest BCUT2D eigenvalue weighted by Gasteiger charge is 2.17. The number of hydrogen-bond acceptors (Lipinski definition) is 3. The quantitative estimate of drug-likeness (QED) is 0.525. The van der Waals surface area contributed by atoms with Crippen LogP contribution < -0.4 is 5.56 Å². The van der Waals surface area contributed by atoms with Crippen molar-refractivity contribution in [2.45, 2.75) is 25.6 Å². The van der Waals surface area contributed by atoms with Crippen LogP contribution in [0.4, 0.5) is 0 Å². The maximum atomic E-state index is 13.1. The van der Waals surface area contributed by atoms with Gasteiger partial charge in [-0.1, -0.05) is 38.1 Å². The van der Waals surface area contributed by atoms with Crippen LogP contribution in [0.15, 0.2) is 53.3 Å². The standard InChI is InChI=1S/C19H17ClN4O/c1-12(2)13-7-9-14(10-8-13)23-18(25)15-5-3-4-6-16(15)24-17(11-20)21-22-19(23)24/h3-10,12H,11H2,1-2H3. The second-order valence-corrected chi connectivity index (χ2v) is 6.56. The first kappa shape index (κ1) is 15.8. The Bertz CT molecular complexity index is 1130. The van der Waals surface area contributed by atoms with E-state index in [9.17, 15) is 4.79 Å². The molecule has 0 spiro atoms. The molecule has 0 N–H and O–H groups in total. The SMILES string of the molecule is CC(C)c1ccc(-n2c(=O)c3ccccc3n3c(CCl)nnc23)cc1. The molecular weight excluding hydrogens is 336 g/mol. The summed E-state index contributed by atoms with van der Waals surface area (Å²) < 4.78 is 3.44. The lowest BCUT2D eigenvalue weighted by molar-refractivity contribution is 0.864. The number of alkyl halides is 1. The number of aromatic nitrogens is 4. The van der Waals surface area contributed by atoms with Crippen LogP contribution in [0.1, 0.15) is 31.2 Å². The first-order valence-corrected chi connectivity index (χ1v) is 8.69. The fourth-order valence-corrected chi connectivity index (χ4v) is 3.26. The number of para-hydroxylation sites is 1. The topological polar surface area (TPSA) is 52.2 Å². The van der Waals surface area contributed by atoms with Crippen LogP contribution in [-0.2, 0) is 5.88 Å². The van der Waals surface area contributed by atoms with Gasteiger partial charge in [0, 0.05) is 0 Å². The van der Waals surface area contributed by atoms with E-state index in [1.165, 1.54) is 5.56 Å². The Morgan fingerprint density at radius 3 is 2.44 bits per heavy atom. The van der Waals surface area contributed by atoms with Gasteiger partial charge in [0.15, 0.2) is 5.82 Å². The third-order valence-corrected chi connectivity index (χ3v) is 4.67. The molecule has 2 heterocycles. The summed E-state index contributed by atoms with van der Waals surface area (Å²) in [5, 5.41) is 8.99. The summed E-state index contributed by atoms with van der Waals surface area (Å²) in [6, 6.07) is 15.4. The van der Waals surface area contributed by atoms with Crippen molar-refractivity contribution in [3.63, 3.8) is 0 Å². The van der Waals surface area contributed by atoms with E-state index < -0.39 is 0 Å². The predicted molar refractivity (Wildman–Crippen MR) is 99.7 cm³/mol. The smallest absolute Gasteiger partial charge is 0.267 e. The maximum Gasteiger partial charge on any atom is 0.267 e. The fraction of sp³-hybridized carbons (Fsp3) is 0.211. The molecule has 0 unspecified atom stereocenters. The zero-order valence-corrected chi connectivity index (χ0v) is 14.7. The van der Waals surface area contributed by atoms with Crippen molar-refractivity contribution in [3.05, 3.63) is 70.3 Å². The van der Waals surface area contributed by atoms with Crippen LogP contribution in [0, 0.1) is 0 Å². The Morgan fingerprint density at radius 2 is 1.76 bits per heavy atom. The molecule has 0 saturated carbocycles. The van der Waals surface area contributed by atoms with Gasteiger partial charge in [-0.25, -0.2) is 4.57 Å². The number of rotatable bonds is 3. The monoisotopic (exact) mass is 352 g/mol. The zero-order valence-electron chi connectivity index (χ0n) is 14.0. The molecule has 25 heavy (non-hydrogen) atoms. The minimum absolute atomic E-state index is 0.117. The van der Waals surface area contributed by atoms with E-state index >= 15 is 0 Å². The third kappa shape index (κ3) is 2.43. The molecule has 0 aliphatic heterocycles. The summed E-state index contributed by atoms with van der Waals surface area (Å²) in [6.07, 6.45) is 0. The molecule has 126 valence electrons. The summed E-state index contributed by atoms with van der Waals surface area (Å²) in [5.41, 5.74) is 2.63. The molecule has 0 atom stereocenters. The van der Waals surface area contributed by atoms with Crippen molar-refractivity contribution < 1.29 is 0 Å². The molecule has 2 aromatic heterocycles. The van der Waals surface area contributed by atoms with E-state index in [0.29, 0.717) is 22.9 Å². The molecule has 0 saturated heterocycles. The van der Waals surface area contributed by atoms with Gasteiger partial charge in [0.2, 0.25) is 5.78 Å². The normalized spacial score (nSPS) is 11.7. The van der Waals surface area contributed by atoms with Gasteiger partial charge in [0.25, 0.3) is 5.56 Å². The summed E-state index contributed by atoms with van der Waals surface area (Å²) >= 11 is 6.03. The van der Waals surface area contributed by atoms with E-state index in [1.807, 2.05) is 52.9 Å². The van der Waals surface area contributed by atoms with Crippen molar-refractivity contribution in [3.8, 4) is 5.69 Å². The molecule has 0 amide bonds. The van der Waals surface area contributed by atoms with Gasteiger partial charge in [0.1, 0.15) is 0 Å². The zero-order chi connectivity index (χ0) is 17.6. The molecule has 4 rings (SSSR count). The molecule has 0 aliphatic carbocycles. The van der Waals surface area contributed by atoms with Crippen LogP contribution in [0.3, 0.4) is 0 Å². The molecule has 0 aliphatic rings. The average Bonchev–Trinajstić information content (AvgIpc) is 3.06. The van der Waals surface area contributed by atoms with Crippen LogP contribution in [0.25, 0.3) is 22.4 Å². The molecular formula is C19H17ClN4O. The predicted octanol–water partition coefficient (Wildman–Crippen LogP) is 3.90. The van der Waals surface area contributed by atoms with E-state index in [0.717, 1.165) is 11.2 Å². The largest absolute Gasteiger partial charge is 0.268 e. The molecule has 0 bridgehead atoms. The minimum atomic E-state index is -0.117. The Kier molecular flexibility index (Phi) is 3.81. The molecule has 5 nitrogen and oxygen atoms in total. The molecule has 0 fully saturated rings. The molecule has 2 aromatic carbocycles. The minimum Gasteiger partial charge on any atom is -0.268 e. The lowest BCUT2D eigenvalue weighted by atomic mass is 10.0. The highest BCUT2D eigenvalue weighted by molar-refractivity contribution is 6.16. The first-order valence-electron chi connectivity index (χ1n) is 8.16. The number of fused-ring (bicyclic) bond motifs is 3. The lowest BCUT2D eigenvalue weighted by Crippen LogP contribution is -2.22. The van der Waals surface area contributed by atoms with Crippen LogP contribution in [-0.4, -0.2) is 19.2 Å². The Labute approximate surface area is 149 Å². The van der Waals surface area contributed by atoms with Crippen LogP contribution >= 0.6 is 11.6 Å². The first-order chi connectivity index (χ1) is 12.1. The second-order valence-electron chi connectivity index (χ2n) is 6.29. The summed E-state index contributed by atoms with van der Waals surface area (Å²) in [4.78, 5) is 13.1. The van der Waals surface area contributed by atoms with Gasteiger partial charge in [-0.05, 0) is 35.7 Å². The Morgan fingerprint density at radius 1 is 1.04 bits per heavy atom. The number of benzene rings is 2. The van der Waals surface area contributed by atoms with Crippen molar-refractivity contribution in [2.75, 3.05) is 0 Å². The number of hydrogen-bond donors (Lipinski definition) is 0. The van der Waals surface area contributed by atoms with Crippen molar-refractivity contribution in [2.24, 2.45) is 0 Å². The van der Waals surface area contributed by atoms with Crippen molar-refractivity contribution in [1.82, 2.24) is 19.2 Å². The summed E-state index contributed by atoms with van der Waals surface area (Å²) in [7, 11) is 0. The van der Waals surface area contributed by atoms with Crippen LogP contribution in [0.2, 0.25) is 0 Å². The molecule has 4 aromatic rings. The second kappa shape index (κ2) is 6.01. The van der Waals surface area contributed by atoms with Gasteiger partial charge in [-0.3, -0.25) is 9.20 Å². The van der Waals surface area contributed by atoms with Crippen molar-refractivity contribution in [1.29, 1.82) is 0 Å². The molecule has 6 heteroatoms. The van der Waals surface area contributed by atoms with Crippen molar-refractivity contribution >= 4 is 28.3 Å². The van der Waals surface area contributed by atoms with Gasteiger partial charge < -0.3 is 0 Å². The third-order valence-electron chi connectivity index (χ3n) is 4.43. The van der Waals surface area contributed by atoms with E-state index in [2.05, 4.69) is 24.0 Å². The number of halogens is 1. The van der Waals surface area contributed by atoms with E-state index in [1.54, 1.807) is 4.57 Å². The van der Waals surface area contributed by atoms with Gasteiger partial charge in [-0.15, -0.1) is 21.8 Å². The van der Waals surface area contributed by atoms with Crippen LogP contribution in [0.5, 0.6) is 0 Å². The average molecular weight is 353 g/mol. The fourth-order valence-electron chi connectivity index (χ4n) is 3.09. The van der Waals surface area contributed by atoms with Gasteiger partial charge >= 0.3 is 0 Å². The highest BCUT2D eigenvalue weighted by Crippen LogP contribution is 2.20. The van der Waals surface area contributed by atoms with E-state index in [4.69, 9.17) is 11.6 Å². The van der Waals surface area contributed by atoms with Gasteiger partial charge in [0.05, 0.1) is 22.5 Å². The highest BCUT2D eigenvalue weighted by atomic mass is 35.5. The number of nitrogens with zero attached hydrogens (tertiary/aromatic N) is 4. The Balaban J connectivity index is 2.10.